The quantitative estimate of drug-likeness (QED) is 0.362. The largest absolute Gasteiger partial charge is 0.341 e. The number of piperazine rings is 1. The number of aromatic nitrogens is 2. The number of nitro groups is 1. The summed E-state index contributed by atoms with van der Waals surface area (Å²) in [6.07, 6.45) is 0.244. The van der Waals surface area contributed by atoms with E-state index in [0.717, 1.165) is 0 Å². The highest BCUT2D eigenvalue weighted by Crippen LogP contribution is 2.26. The molecule has 1 amide bonds. The zero-order chi connectivity index (χ0) is 21.2. The minimum absolute atomic E-state index is 0.0265. The second-order valence-corrected chi connectivity index (χ2v) is 10.1. The molecule has 0 aliphatic carbocycles. The highest BCUT2D eigenvalue weighted by atomic mass is 35.7. The molecule has 1 aliphatic rings. The highest BCUT2D eigenvalue weighted by molar-refractivity contribution is 8.14. The molecular formula is C16H18ClN5O5S2. The van der Waals surface area contributed by atoms with E-state index in [0.29, 0.717) is 36.2 Å². The van der Waals surface area contributed by atoms with Gasteiger partial charge in [0.1, 0.15) is 11.6 Å². The average Bonchev–Trinajstić information content (AvgIpc) is 3.08. The van der Waals surface area contributed by atoms with Crippen molar-refractivity contribution in [1.82, 2.24) is 14.3 Å². The number of hydrogen-bond donors (Lipinski definition) is 0. The summed E-state index contributed by atoms with van der Waals surface area (Å²) in [5.74, 6) is -0.765. The van der Waals surface area contributed by atoms with Gasteiger partial charge in [-0.25, -0.2) is 13.4 Å². The van der Waals surface area contributed by atoms with Gasteiger partial charge in [-0.2, -0.15) is 4.37 Å². The summed E-state index contributed by atoms with van der Waals surface area (Å²) < 4.78 is 26.6. The van der Waals surface area contributed by atoms with Gasteiger partial charge in [-0.1, -0.05) is 18.2 Å². The first kappa shape index (κ1) is 21.4. The molecule has 1 aliphatic heterocycles. The summed E-state index contributed by atoms with van der Waals surface area (Å²) in [6.45, 7) is 3.05. The van der Waals surface area contributed by atoms with Crippen molar-refractivity contribution in [3.05, 3.63) is 45.8 Å². The zero-order valence-electron chi connectivity index (χ0n) is 15.4. The smallest absolute Gasteiger partial charge is 0.273 e. The average molecular weight is 460 g/mol. The number of nitro benzene ring substituents is 1. The third-order valence-electron chi connectivity index (χ3n) is 4.52. The minimum atomic E-state index is -3.89. The van der Waals surface area contributed by atoms with E-state index in [9.17, 15) is 23.3 Å². The Morgan fingerprint density at radius 3 is 2.76 bits per heavy atom. The topological polar surface area (TPSA) is 127 Å². The molecule has 3 rings (SSSR count). The molecule has 0 spiro atoms. The Morgan fingerprint density at radius 1 is 1.38 bits per heavy atom. The molecule has 1 fully saturated rings. The Hall–Kier alpha value is -2.31. The number of carbonyl (C=O) groups excluding carboxylic acids is 1. The number of rotatable bonds is 6. The van der Waals surface area contributed by atoms with Crippen LogP contribution in [0.5, 0.6) is 0 Å². The lowest BCUT2D eigenvalue weighted by Gasteiger charge is -2.39. The number of hydrogen-bond acceptors (Lipinski definition) is 9. The van der Waals surface area contributed by atoms with Crippen LogP contribution >= 0.6 is 22.2 Å². The predicted molar refractivity (Wildman–Crippen MR) is 109 cm³/mol. The Morgan fingerprint density at radius 2 is 2.10 bits per heavy atom. The summed E-state index contributed by atoms with van der Waals surface area (Å²) in [6, 6.07) is 6.37. The van der Waals surface area contributed by atoms with Gasteiger partial charge in [0.2, 0.25) is 20.1 Å². The van der Waals surface area contributed by atoms with Gasteiger partial charge >= 0.3 is 0 Å². The molecule has 13 heteroatoms. The summed E-state index contributed by atoms with van der Waals surface area (Å²) in [5.41, 5.74) is 0.561. The fourth-order valence-corrected chi connectivity index (χ4v) is 4.72. The van der Waals surface area contributed by atoms with Gasteiger partial charge in [0.05, 0.1) is 4.92 Å². The van der Waals surface area contributed by atoms with Crippen LogP contribution in [0, 0.1) is 10.1 Å². The highest BCUT2D eigenvalue weighted by Gasteiger charge is 2.30. The van der Waals surface area contributed by atoms with E-state index < -0.39 is 25.6 Å². The summed E-state index contributed by atoms with van der Waals surface area (Å²) in [7, 11) is 1.27. The van der Waals surface area contributed by atoms with Gasteiger partial charge in [-0.3, -0.25) is 14.9 Å². The van der Waals surface area contributed by atoms with Gasteiger partial charge in [-0.05, 0) is 6.92 Å². The van der Waals surface area contributed by atoms with Crippen LogP contribution in [0.1, 0.15) is 18.3 Å². The lowest BCUT2D eigenvalue weighted by molar-refractivity contribution is -0.385. The van der Waals surface area contributed by atoms with Crippen molar-refractivity contribution < 1.29 is 18.1 Å². The Kier molecular flexibility index (Phi) is 6.34. The maximum atomic E-state index is 12.1. The maximum Gasteiger partial charge on any atom is 0.273 e. The van der Waals surface area contributed by atoms with Gasteiger partial charge in [0, 0.05) is 65.9 Å². The van der Waals surface area contributed by atoms with E-state index in [2.05, 4.69) is 9.36 Å². The first-order valence-electron chi connectivity index (χ1n) is 8.65. The van der Waals surface area contributed by atoms with E-state index in [4.69, 9.17) is 10.7 Å². The van der Waals surface area contributed by atoms with Crippen LogP contribution < -0.4 is 4.90 Å². The molecule has 0 N–H and O–H groups in total. The maximum absolute atomic E-state index is 12.1. The monoisotopic (exact) mass is 459 g/mol. The Labute approximate surface area is 175 Å². The molecule has 1 aromatic heterocycles. The number of amides is 1. The molecule has 2 heterocycles. The number of para-hydroxylation sites is 1. The number of anilines is 1. The summed E-state index contributed by atoms with van der Waals surface area (Å²) >= 11 is 1.19. The second-order valence-electron chi connectivity index (χ2n) is 6.62. The fourth-order valence-electron chi connectivity index (χ4n) is 3.15. The normalized spacial score (nSPS) is 17.4. The molecule has 2 aromatic rings. The van der Waals surface area contributed by atoms with E-state index in [1.165, 1.54) is 22.5 Å². The van der Waals surface area contributed by atoms with Crippen molar-refractivity contribution in [2.24, 2.45) is 0 Å². The van der Waals surface area contributed by atoms with Crippen molar-refractivity contribution in [1.29, 1.82) is 0 Å². The van der Waals surface area contributed by atoms with Gasteiger partial charge < -0.3 is 9.80 Å². The van der Waals surface area contributed by atoms with Crippen molar-refractivity contribution in [2.45, 2.75) is 19.4 Å². The number of benzene rings is 1. The minimum Gasteiger partial charge on any atom is -0.341 e. The van der Waals surface area contributed by atoms with E-state index in [1.807, 2.05) is 11.8 Å². The van der Waals surface area contributed by atoms with Crippen LogP contribution in [-0.2, 0) is 20.3 Å². The molecule has 0 bridgehead atoms. The molecule has 156 valence electrons. The molecule has 1 atom stereocenters. The molecule has 1 unspecified atom stereocenters. The van der Waals surface area contributed by atoms with Gasteiger partial charge in [0.15, 0.2) is 0 Å². The SMILES string of the molecule is CC1CN(C(=O)CS(=O)(=O)Cl)CCN1c1nc(Cc2ccccc2[N+](=O)[O-])ns1. The number of halogens is 1. The van der Waals surface area contributed by atoms with Crippen LogP contribution in [-0.4, -0.2) is 64.9 Å². The van der Waals surface area contributed by atoms with Crippen molar-refractivity contribution in [2.75, 3.05) is 30.3 Å². The van der Waals surface area contributed by atoms with Crippen molar-refractivity contribution in [3.8, 4) is 0 Å². The van der Waals surface area contributed by atoms with Gasteiger partial charge in [0.25, 0.3) is 5.69 Å². The Bertz CT molecular complexity index is 1030. The first-order valence-corrected chi connectivity index (χ1v) is 11.9. The lowest BCUT2D eigenvalue weighted by atomic mass is 10.1. The zero-order valence-corrected chi connectivity index (χ0v) is 17.8. The molecule has 0 radical (unpaired) electrons. The van der Waals surface area contributed by atoms with Crippen LogP contribution in [0.2, 0.25) is 0 Å². The molecule has 0 saturated carbocycles. The van der Waals surface area contributed by atoms with Crippen molar-refractivity contribution >= 4 is 48.0 Å². The first-order chi connectivity index (χ1) is 13.6. The van der Waals surface area contributed by atoms with E-state index in [-0.39, 0.29) is 18.2 Å². The van der Waals surface area contributed by atoms with Crippen LogP contribution in [0.25, 0.3) is 0 Å². The Balaban J connectivity index is 1.67. The molecular weight excluding hydrogens is 442 g/mol. The van der Waals surface area contributed by atoms with Crippen LogP contribution in [0.15, 0.2) is 24.3 Å². The lowest BCUT2D eigenvalue weighted by Crippen LogP contribution is -2.54. The van der Waals surface area contributed by atoms with E-state index >= 15 is 0 Å². The fraction of sp³-hybridized carbons (Fsp3) is 0.438. The standard InChI is InChI=1S/C16H18ClN5O5S2/c1-11-9-20(15(23)10-29(17,26)27)6-7-21(11)16-18-14(19-28-16)8-12-4-2-3-5-13(12)22(24)25/h2-5,11H,6-10H2,1H3. The van der Waals surface area contributed by atoms with Gasteiger partial charge in [-0.15, -0.1) is 0 Å². The number of nitrogens with zero attached hydrogens (tertiary/aromatic N) is 5. The molecule has 1 saturated heterocycles. The second kappa shape index (κ2) is 8.59. The molecule has 10 nitrogen and oxygen atoms in total. The molecule has 1 aromatic carbocycles. The van der Waals surface area contributed by atoms with Crippen molar-refractivity contribution in [3.63, 3.8) is 0 Å². The summed E-state index contributed by atoms with van der Waals surface area (Å²) in [5, 5.41) is 11.8. The summed E-state index contributed by atoms with van der Waals surface area (Å²) in [4.78, 5) is 30.7. The predicted octanol–water partition coefficient (Wildman–Crippen LogP) is 1.64. The van der Waals surface area contributed by atoms with Crippen LogP contribution in [0.4, 0.5) is 10.8 Å². The number of carbonyl (C=O) groups is 1. The third-order valence-corrected chi connectivity index (χ3v) is 6.23. The molecule has 29 heavy (non-hydrogen) atoms. The van der Waals surface area contributed by atoms with Crippen LogP contribution in [0.3, 0.4) is 0 Å². The van der Waals surface area contributed by atoms with E-state index in [1.54, 1.807) is 18.2 Å². The third kappa shape index (κ3) is 5.40.